The van der Waals surface area contributed by atoms with Crippen LogP contribution in [0.3, 0.4) is 0 Å². The molecule has 0 fully saturated rings. The van der Waals surface area contributed by atoms with Gasteiger partial charge in [0.15, 0.2) is 0 Å². The number of benzene rings is 1. The first kappa shape index (κ1) is 18.3. The van der Waals surface area contributed by atoms with Gasteiger partial charge in [0.05, 0.1) is 17.6 Å². The fourth-order valence-corrected chi connectivity index (χ4v) is 4.19. The zero-order valence-electron chi connectivity index (χ0n) is 16.4. The van der Waals surface area contributed by atoms with Crippen molar-refractivity contribution in [3.63, 3.8) is 0 Å². The summed E-state index contributed by atoms with van der Waals surface area (Å²) in [6, 6.07) is 6.85. The van der Waals surface area contributed by atoms with Gasteiger partial charge < -0.3 is 5.32 Å². The molecular formula is C21H26ClN5. The number of nitrogens with one attached hydrogen (secondary N) is 1. The molecule has 0 saturated carbocycles. The number of hydrogen-bond acceptors (Lipinski definition) is 3. The van der Waals surface area contributed by atoms with Gasteiger partial charge in [-0.2, -0.15) is 10.2 Å². The highest BCUT2D eigenvalue weighted by molar-refractivity contribution is 6.30. The van der Waals surface area contributed by atoms with Crippen molar-refractivity contribution in [1.29, 1.82) is 0 Å². The van der Waals surface area contributed by atoms with Gasteiger partial charge in [0.1, 0.15) is 5.15 Å². The lowest BCUT2D eigenvalue weighted by Gasteiger charge is -2.24. The molecule has 1 aliphatic rings. The molecule has 1 unspecified atom stereocenters. The minimum atomic E-state index is 0.296. The van der Waals surface area contributed by atoms with Crippen molar-refractivity contribution in [3.05, 3.63) is 63.2 Å². The van der Waals surface area contributed by atoms with Crippen LogP contribution in [-0.4, -0.2) is 19.6 Å². The summed E-state index contributed by atoms with van der Waals surface area (Å²) in [4.78, 5) is 0. The molecule has 2 heterocycles. The van der Waals surface area contributed by atoms with Gasteiger partial charge in [0.2, 0.25) is 0 Å². The molecule has 0 spiro atoms. The van der Waals surface area contributed by atoms with Crippen LogP contribution in [0.4, 0.5) is 0 Å². The van der Waals surface area contributed by atoms with Crippen molar-refractivity contribution < 1.29 is 0 Å². The molecule has 0 bridgehead atoms. The second-order valence-electron chi connectivity index (χ2n) is 7.53. The van der Waals surface area contributed by atoms with Crippen LogP contribution >= 0.6 is 11.6 Å². The van der Waals surface area contributed by atoms with Crippen LogP contribution in [0.25, 0.3) is 5.69 Å². The van der Waals surface area contributed by atoms with Crippen molar-refractivity contribution in [3.8, 4) is 5.69 Å². The Bertz CT molecular complexity index is 985. The Hall–Kier alpha value is -2.11. The van der Waals surface area contributed by atoms with Gasteiger partial charge in [0.25, 0.3) is 0 Å². The van der Waals surface area contributed by atoms with E-state index in [1.54, 1.807) is 4.68 Å². The summed E-state index contributed by atoms with van der Waals surface area (Å²) in [7, 11) is 1.88. The van der Waals surface area contributed by atoms with E-state index in [1.807, 2.05) is 20.2 Å². The third-order valence-electron chi connectivity index (χ3n) is 5.71. The molecule has 4 rings (SSSR count). The van der Waals surface area contributed by atoms with Gasteiger partial charge >= 0.3 is 0 Å². The molecule has 5 nitrogen and oxygen atoms in total. The topological polar surface area (TPSA) is 47.7 Å². The highest BCUT2D eigenvalue weighted by atomic mass is 35.5. The molecule has 0 radical (unpaired) electrons. The molecule has 3 aromatic rings. The summed E-state index contributed by atoms with van der Waals surface area (Å²) in [5.41, 5.74) is 8.43. The molecule has 6 heteroatoms. The normalized spacial score (nSPS) is 16.6. The average Bonchev–Trinajstić information content (AvgIpc) is 3.18. The van der Waals surface area contributed by atoms with Crippen molar-refractivity contribution in [2.45, 2.75) is 52.6 Å². The van der Waals surface area contributed by atoms with Crippen LogP contribution in [0.1, 0.15) is 52.5 Å². The largest absolute Gasteiger partial charge is 0.306 e. The third kappa shape index (κ3) is 3.30. The highest BCUT2D eigenvalue weighted by Gasteiger charge is 2.25. The van der Waals surface area contributed by atoms with Crippen LogP contribution in [0.15, 0.2) is 24.4 Å². The fraction of sp³-hybridized carbons (Fsp3) is 0.429. The summed E-state index contributed by atoms with van der Waals surface area (Å²) in [6.07, 6.45) is 5.36. The first-order valence-corrected chi connectivity index (χ1v) is 9.89. The summed E-state index contributed by atoms with van der Waals surface area (Å²) in [6.45, 7) is 7.02. The van der Waals surface area contributed by atoms with E-state index in [-0.39, 0.29) is 0 Å². The minimum Gasteiger partial charge on any atom is -0.306 e. The zero-order chi connectivity index (χ0) is 19.1. The van der Waals surface area contributed by atoms with Crippen LogP contribution in [0, 0.1) is 20.8 Å². The van der Waals surface area contributed by atoms with Crippen LogP contribution < -0.4 is 5.32 Å². The predicted octanol–water partition coefficient (Wildman–Crippen LogP) is 4.35. The predicted molar refractivity (Wildman–Crippen MR) is 109 cm³/mol. The Morgan fingerprint density at radius 2 is 2.04 bits per heavy atom. The molecule has 27 heavy (non-hydrogen) atoms. The SMILES string of the molecule is Cc1ccc(-n2ncc3c2CCCC3NCc2c(C)nn(C)c2Cl)cc1C. The quantitative estimate of drug-likeness (QED) is 0.728. The number of aryl methyl sites for hydroxylation is 4. The Kier molecular flexibility index (Phi) is 4.82. The monoisotopic (exact) mass is 383 g/mol. The van der Waals surface area contributed by atoms with Crippen molar-refractivity contribution in [2.75, 3.05) is 0 Å². The number of halogens is 1. The zero-order valence-corrected chi connectivity index (χ0v) is 17.1. The van der Waals surface area contributed by atoms with E-state index in [1.165, 1.54) is 22.4 Å². The molecule has 142 valence electrons. The molecule has 1 atom stereocenters. The van der Waals surface area contributed by atoms with Crippen LogP contribution in [0.2, 0.25) is 5.15 Å². The van der Waals surface area contributed by atoms with Gasteiger partial charge in [-0.05, 0) is 63.3 Å². The van der Waals surface area contributed by atoms with E-state index < -0.39 is 0 Å². The van der Waals surface area contributed by atoms with E-state index in [2.05, 4.69) is 47.1 Å². The minimum absolute atomic E-state index is 0.296. The lowest BCUT2D eigenvalue weighted by atomic mass is 9.92. The van der Waals surface area contributed by atoms with Crippen LogP contribution in [-0.2, 0) is 20.0 Å². The lowest BCUT2D eigenvalue weighted by Crippen LogP contribution is -2.25. The number of fused-ring (bicyclic) bond motifs is 1. The molecule has 1 N–H and O–H groups in total. The summed E-state index contributed by atoms with van der Waals surface area (Å²) in [5.74, 6) is 0. The summed E-state index contributed by atoms with van der Waals surface area (Å²) in [5, 5.41) is 13.5. The van der Waals surface area contributed by atoms with Gasteiger partial charge in [-0.25, -0.2) is 4.68 Å². The van der Waals surface area contributed by atoms with E-state index >= 15 is 0 Å². The van der Waals surface area contributed by atoms with E-state index in [0.717, 1.165) is 42.8 Å². The average molecular weight is 384 g/mol. The van der Waals surface area contributed by atoms with Crippen molar-refractivity contribution >= 4 is 11.6 Å². The first-order valence-electron chi connectivity index (χ1n) is 9.51. The molecule has 1 aromatic carbocycles. The van der Waals surface area contributed by atoms with Gasteiger partial charge in [0, 0.05) is 36.5 Å². The summed E-state index contributed by atoms with van der Waals surface area (Å²) >= 11 is 6.39. The highest BCUT2D eigenvalue weighted by Crippen LogP contribution is 2.32. The smallest absolute Gasteiger partial charge is 0.131 e. The second-order valence-corrected chi connectivity index (χ2v) is 7.89. The number of aromatic nitrogens is 4. The molecule has 0 aliphatic heterocycles. The number of hydrogen-bond donors (Lipinski definition) is 1. The standard InChI is InChI=1S/C21H26ClN5/c1-13-8-9-16(10-14(13)2)27-20-7-5-6-19(18(20)12-24-27)23-11-17-15(3)25-26(4)21(17)22/h8-10,12,19,23H,5-7,11H2,1-4H3. The van der Waals surface area contributed by atoms with Crippen molar-refractivity contribution in [1.82, 2.24) is 24.9 Å². The molecular weight excluding hydrogens is 358 g/mol. The van der Waals surface area contributed by atoms with Gasteiger partial charge in [-0.3, -0.25) is 4.68 Å². The lowest BCUT2D eigenvalue weighted by molar-refractivity contribution is 0.454. The molecule has 1 aliphatic carbocycles. The number of nitrogens with zero attached hydrogens (tertiary/aromatic N) is 4. The third-order valence-corrected chi connectivity index (χ3v) is 6.19. The first-order chi connectivity index (χ1) is 13.0. The maximum Gasteiger partial charge on any atom is 0.131 e. The van der Waals surface area contributed by atoms with Gasteiger partial charge in [-0.15, -0.1) is 0 Å². The Morgan fingerprint density at radius 1 is 1.22 bits per heavy atom. The van der Waals surface area contributed by atoms with Crippen molar-refractivity contribution in [2.24, 2.45) is 7.05 Å². The molecule has 0 saturated heterocycles. The van der Waals surface area contributed by atoms with E-state index in [0.29, 0.717) is 11.2 Å². The maximum atomic E-state index is 6.39. The Morgan fingerprint density at radius 3 is 2.74 bits per heavy atom. The fourth-order valence-electron chi connectivity index (χ4n) is 3.95. The molecule has 2 aromatic heterocycles. The molecule has 0 amide bonds. The van der Waals surface area contributed by atoms with Gasteiger partial charge in [-0.1, -0.05) is 17.7 Å². The number of rotatable bonds is 4. The Balaban J connectivity index is 1.59. The maximum absolute atomic E-state index is 6.39. The summed E-state index contributed by atoms with van der Waals surface area (Å²) < 4.78 is 3.84. The van der Waals surface area contributed by atoms with E-state index in [9.17, 15) is 0 Å². The van der Waals surface area contributed by atoms with Crippen LogP contribution in [0.5, 0.6) is 0 Å². The Labute approximate surface area is 165 Å². The second kappa shape index (κ2) is 7.13. The van der Waals surface area contributed by atoms with E-state index in [4.69, 9.17) is 16.7 Å².